The van der Waals surface area contributed by atoms with Crippen molar-refractivity contribution < 1.29 is 9.47 Å². The van der Waals surface area contributed by atoms with E-state index in [-0.39, 0.29) is 5.95 Å². The van der Waals surface area contributed by atoms with E-state index in [1.165, 1.54) is 0 Å². The lowest BCUT2D eigenvalue weighted by molar-refractivity contribution is 0.354. The summed E-state index contributed by atoms with van der Waals surface area (Å²) in [5, 5.41) is 0.746. The van der Waals surface area contributed by atoms with Gasteiger partial charge in [0.05, 0.1) is 19.6 Å². The van der Waals surface area contributed by atoms with E-state index in [4.69, 9.17) is 20.9 Å². The van der Waals surface area contributed by atoms with E-state index >= 15 is 0 Å². The van der Waals surface area contributed by atoms with Crippen molar-refractivity contribution in [2.24, 2.45) is 0 Å². The number of ether oxygens (including phenoxy) is 2. The Kier molecular flexibility index (Phi) is 4.31. The molecule has 0 radical (unpaired) electrons. The summed E-state index contributed by atoms with van der Waals surface area (Å²) < 4.78 is 10.7. The van der Waals surface area contributed by atoms with Crippen LogP contribution in [0, 0.1) is 13.8 Å². The van der Waals surface area contributed by atoms with E-state index in [2.05, 4.69) is 15.0 Å². The topological polar surface area (TPSA) is 109 Å². The smallest absolute Gasteiger partial charge is 0.224 e. The van der Waals surface area contributed by atoms with E-state index in [0.717, 1.165) is 27.8 Å². The highest BCUT2D eigenvalue weighted by Crippen LogP contribution is 2.31. The van der Waals surface area contributed by atoms with Crippen LogP contribution < -0.4 is 20.9 Å². The predicted molar refractivity (Wildman–Crippen MR) is 98.0 cm³/mol. The Morgan fingerprint density at radius 2 is 1.68 bits per heavy atom. The lowest BCUT2D eigenvalue weighted by atomic mass is 9.97. The highest BCUT2D eigenvalue weighted by atomic mass is 16.5. The molecule has 0 spiro atoms. The number of fused-ring (bicyclic) bond motifs is 1. The van der Waals surface area contributed by atoms with Crippen LogP contribution in [0.3, 0.4) is 0 Å². The molecule has 2 aromatic heterocycles. The molecule has 1 aromatic carbocycles. The molecular formula is C18H21N5O2. The fourth-order valence-corrected chi connectivity index (χ4v) is 3.03. The van der Waals surface area contributed by atoms with Crippen LogP contribution >= 0.6 is 0 Å². The molecule has 7 heteroatoms. The first-order valence-corrected chi connectivity index (χ1v) is 7.84. The van der Waals surface area contributed by atoms with Crippen LogP contribution in [-0.2, 0) is 6.42 Å². The first kappa shape index (κ1) is 16.8. The van der Waals surface area contributed by atoms with Crippen LogP contribution in [0.25, 0.3) is 11.0 Å². The minimum absolute atomic E-state index is 0.129. The number of aryl methyl sites for hydroxylation is 2. The molecule has 0 aliphatic carbocycles. The minimum atomic E-state index is 0.129. The molecule has 0 unspecified atom stereocenters. The molecule has 0 amide bonds. The number of anilines is 2. The van der Waals surface area contributed by atoms with E-state index in [1.54, 1.807) is 14.2 Å². The van der Waals surface area contributed by atoms with Gasteiger partial charge in [-0.1, -0.05) is 6.07 Å². The molecule has 2 heterocycles. The zero-order chi connectivity index (χ0) is 18.1. The van der Waals surface area contributed by atoms with Crippen molar-refractivity contribution in [1.82, 2.24) is 15.0 Å². The Bertz CT molecular complexity index is 956. The molecule has 0 atom stereocenters. The van der Waals surface area contributed by atoms with Crippen molar-refractivity contribution in [3.8, 4) is 11.5 Å². The quantitative estimate of drug-likeness (QED) is 0.751. The molecule has 0 aliphatic rings. The fraction of sp³-hybridized carbons (Fsp3) is 0.278. The van der Waals surface area contributed by atoms with Crippen molar-refractivity contribution >= 4 is 22.8 Å². The van der Waals surface area contributed by atoms with Gasteiger partial charge in [-0.2, -0.15) is 9.97 Å². The number of hydrogen-bond acceptors (Lipinski definition) is 7. The summed E-state index contributed by atoms with van der Waals surface area (Å²) in [4.78, 5) is 12.8. The summed E-state index contributed by atoms with van der Waals surface area (Å²) in [6.07, 6.45) is 0.685. The van der Waals surface area contributed by atoms with E-state index in [0.29, 0.717) is 29.4 Å². The molecule has 4 N–H and O–H groups in total. The van der Waals surface area contributed by atoms with Crippen LogP contribution in [0.5, 0.6) is 11.5 Å². The second-order valence-electron chi connectivity index (χ2n) is 5.83. The van der Waals surface area contributed by atoms with Gasteiger partial charge in [0.15, 0.2) is 17.1 Å². The highest BCUT2D eigenvalue weighted by molar-refractivity contribution is 5.90. The van der Waals surface area contributed by atoms with Gasteiger partial charge in [0.2, 0.25) is 5.95 Å². The summed E-state index contributed by atoms with van der Waals surface area (Å²) in [6, 6.07) is 5.86. The van der Waals surface area contributed by atoms with Gasteiger partial charge in [-0.05, 0) is 49.1 Å². The van der Waals surface area contributed by atoms with Gasteiger partial charge < -0.3 is 20.9 Å². The Morgan fingerprint density at radius 3 is 2.36 bits per heavy atom. The molecule has 0 fully saturated rings. The van der Waals surface area contributed by atoms with Crippen molar-refractivity contribution in [1.29, 1.82) is 0 Å². The second-order valence-corrected chi connectivity index (χ2v) is 5.83. The Balaban J connectivity index is 2.10. The van der Waals surface area contributed by atoms with Crippen LogP contribution in [-0.4, -0.2) is 29.2 Å². The molecule has 7 nitrogen and oxygen atoms in total. The Hall–Kier alpha value is -3.09. The molecule has 3 rings (SSSR count). The third-order valence-electron chi connectivity index (χ3n) is 4.30. The summed E-state index contributed by atoms with van der Waals surface area (Å²) in [5.74, 6) is 1.87. The largest absolute Gasteiger partial charge is 0.493 e. The van der Waals surface area contributed by atoms with Crippen LogP contribution in [0.2, 0.25) is 0 Å². The normalized spacial score (nSPS) is 10.9. The number of nitrogen functional groups attached to an aromatic ring is 2. The zero-order valence-corrected chi connectivity index (χ0v) is 14.8. The number of rotatable bonds is 4. The third-order valence-corrected chi connectivity index (χ3v) is 4.30. The van der Waals surface area contributed by atoms with E-state index < -0.39 is 0 Å². The molecule has 25 heavy (non-hydrogen) atoms. The summed E-state index contributed by atoms with van der Waals surface area (Å²) >= 11 is 0. The average Bonchev–Trinajstić information content (AvgIpc) is 2.57. The molecule has 0 saturated heterocycles. The first-order chi connectivity index (χ1) is 11.9. The van der Waals surface area contributed by atoms with E-state index in [9.17, 15) is 0 Å². The summed E-state index contributed by atoms with van der Waals surface area (Å²) in [7, 11) is 3.24. The number of pyridine rings is 1. The van der Waals surface area contributed by atoms with Crippen LogP contribution in [0.15, 0.2) is 18.2 Å². The molecule has 130 valence electrons. The van der Waals surface area contributed by atoms with Gasteiger partial charge in [-0.3, -0.25) is 0 Å². The van der Waals surface area contributed by atoms with Crippen molar-refractivity contribution in [3.05, 3.63) is 40.6 Å². The monoisotopic (exact) mass is 339 g/mol. The molecular weight excluding hydrogens is 318 g/mol. The molecule has 0 bridgehead atoms. The number of hydrogen-bond donors (Lipinski definition) is 2. The maximum atomic E-state index is 6.05. The fourth-order valence-electron chi connectivity index (χ4n) is 3.03. The second kappa shape index (κ2) is 6.43. The zero-order valence-electron chi connectivity index (χ0n) is 14.8. The van der Waals surface area contributed by atoms with Crippen molar-refractivity contribution in [2.75, 3.05) is 25.7 Å². The highest BCUT2D eigenvalue weighted by Gasteiger charge is 2.15. The molecule has 0 saturated carbocycles. The summed E-state index contributed by atoms with van der Waals surface area (Å²) in [5.41, 5.74) is 16.3. The maximum Gasteiger partial charge on any atom is 0.224 e. The van der Waals surface area contributed by atoms with Gasteiger partial charge in [0.1, 0.15) is 5.82 Å². The first-order valence-electron chi connectivity index (χ1n) is 7.84. The van der Waals surface area contributed by atoms with Crippen LogP contribution in [0.4, 0.5) is 11.8 Å². The minimum Gasteiger partial charge on any atom is -0.493 e. The molecule has 0 aliphatic heterocycles. The number of aromatic nitrogens is 3. The van der Waals surface area contributed by atoms with Crippen molar-refractivity contribution in [3.63, 3.8) is 0 Å². The lowest BCUT2D eigenvalue weighted by Gasteiger charge is -2.14. The van der Waals surface area contributed by atoms with Gasteiger partial charge in [0, 0.05) is 5.69 Å². The summed E-state index contributed by atoms with van der Waals surface area (Å²) in [6.45, 7) is 3.96. The van der Waals surface area contributed by atoms with Gasteiger partial charge in [0.25, 0.3) is 0 Å². The van der Waals surface area contributed by atoms with Gasteiger partial charge >= 0.3 is 0 Å². The van der Waals surface area contributed by atoms with E-state index in [1.807, 2.05) is 32.0 Å². The third kappa shape index (κ3) is 3.00. The number of benzene rings is 1. The van der Waals surface area contributed by atoms with Gasteiger partial charge in [-0.25, -0.2) is 4.98 Å². The number of nitrogens with two attached hydrogens (primary N) is 2. The lowest BCUT2D eigenvalue weighted by Crippen LogP contribution is -2.07. The standard InChI is InChI=1S/C18H21N5O2/c1-9-12(7-11-5-6-13(24-3)14(8-11)25-4)10(2)21-17-15(9)16(19)22-18(20)23-17/h5-6,8H,7H2,1-4H3,(H4,19,20,21,22,23). The average molecular weight is 339 g/mol. The maximum absolute atomic E-state index is 6.05. The molecule has 3 aromatic rings. The van der Waals surface area contributed by atoms with Crippen LogP contribution in [0.1, 0.15) is 22.4 Å². The SMILES string of the molecule is COc1ccc(Cc2c(C)nc3nc(N)nc(N)c3c2C)cc1OC. The van der Waals surface area contributed by atoms with Crippen molar-refractivity contribution in [2.45, 2.75) is 20.3 Å². The van der Waals surface area contributed by atoms with Gasteiger partial charge in [-0.15, -0.1) is 0 Å². The number of methoxy groups -OCH3 is 2. The Morgan fingerprint density at radius 1 is 0.960 bits per heavy atom. The number of nitrogens with zero attached hydrogens (tertiary/aromatic N) is 3. The Labute approximate surface area is 146 Å². The predicted octanol–water partition coefficient (Wildman–Crippen LogP) is 2.41.